The summed E-state index contributed by atoms with van der Waals surface area (Å²) in [4.78, 5) is 0. The van der Waals surface area contributed by atoms with Crippen LogP contribution in [0.2, 0.25) is 0 Å². The first-order valence-corrected chi connectivity index (χ1v) is 6.53. The van der Waals surface area contributed by atoms with E-state index >= 15 is 0 Å². The molecule has 2 aromatic rings. The molecule has 0 aliphatic heterocycles. The second-order valence-electron chi connectivity index (χ2n) is 4.54. The van der Waals surface area contributed by atoms with Crippen LogP contribution in [0.3, 0.4) is 0 Å². The zero-order chi connectivity index (χ0) is 14.4. The molecule has 0 fully saturated rings. The molecule has 0 saturated heterocycles. The van der Waals surface area contributed by atoms with Crippen molar-refractivity contribution in [2.75, 3.05) is 0 Å². The van der Waals surface area contributed by atoms with Crippen LogP contribution in [0.4, 0.5) is 0 Å². The summed E-state index contributed by atoms with van der Waals surface area (Å²) in [7, 11) is 0. The van der Waals surface area contributed by atoms with Gasteiger partial charge in [0.05, 0.1) is 0 Å². The Kier molecular flexibility index (Phi) is 4.61. The molecule has 0 saturated carbocycles. The lowest BCUT2D eigenvalue weighted by molar-refractivity contribution is 0.410. The first-order valence-electron chi connectivity index (χ1n) is 6.53. The molecule has 0 heterocycles. The highest BCUT2D eigenvalue weighted by Crippen LogP contribution is 2.32. The van der Waals surface area contributed by atoms with E-state index in [-0.39, 0.29) is 5.75 Å². The van der Waals surface area contributed by atoms with Crippen LogP contribution < -0.4 is 4.74 Å². The predicted octanol–water partition coefficient (Wildman–Crippen LogP) is 4.64. The summed E-state index contributed by atoms with van der Waals surface area (Å²) in [5.41, 5.74) is 2.18. The zero-order valence-electron chi connectivity index (χ0n) is 11.4. The van der Waals surface area contributed by atoms with E-state index in [2.05, 4.69) is 13.2 Å². The second kappa shape index (κ2) is 6.62. The van der Waals surface area contributed by atoms with Crippen LogP contribution in [-0.4, -0.2) is 5.11 Å². The number of benzene rings is 2. The summed E-state index contributed by atoms with van der Waals surface area (Å²) in [6.45, 7) is 7.44. The highest BCUT2D eigenvalue weighted by atomic mass is 16.5. The number of allylic oxidation sites excluding steroid dienone is 2. The van der Waals surface area contributed by atoms with E-state index in [0.717, 1.165) is 24.0 Å². The van der Waals surface area contributed by atoms with Gasteiger partial charge in [-0.2, -0.15) is 0 Å². The van der Waals surface area contributed by atoms with Gasteiger partial charge in [-0.25, -0.2) is 0 Å². The number of phenolic OH excluding ortho intramolecular Hbond substituents is 1. The summed E-state index contributed by atoms with van der Waals surface area (Å²) in [5.74, 6) is 1.29. The minimum atomic E-state index is 0.131. The van der Waals surface area contributed by atoms with Crippen molar-refractivity contribution in [1.29, 1.82) is 0 Å². The molecule has 2 nitrogen and oxygen atoms in total. The van der Waals surface area contributed by atoms with E-state index < -0.39 is 0 Å². The van der Waals surface area contributed by atoms with Crippen molar-refractivity contribution < 1.29 is 9.84 Å². The Bertz CT molecular complexity index is 615. The molecule has 0 amide bonds. The van der Waals surface area contributed by atoms with Gasteiger partial charge in [-0.15, -0.1) is 13.2 Å². The molecular formula is C18H18O2. The number of ether oxygens (including phenoxy) is 1. The topological polar surface area (TPSA) is 29.5 Å². The van der Waals surface area contributed by atoms with Crippen molar-refractivity contribution in [3.63, 3.8) is 0 Å². The summed E-state index contributed by atoms with van der Waals surface area (Å²) in [6.07, 6.45) is 5.20. The van der Waals surface area contributed by atoms with Crippen molar-refractivity contribution in [2.24, 2.45) is 0 Å². The molecule has 0 unspecified atom stereocenters. The molecule has 2 aromatic carbocycles. The van der Waals surface area contributed by atoms with Crippen LogP contribution in [0.5, 0.6) is 17.2 Å². The van der Waals surface area contributed by atoms with Crippen molar-refractivity contribution >= 4 is 0 Å². The smallest absolute Gasteiger partial charge is 0.169 e. The molecule has 2 rings (SSSR count). The Labute approximate surface area is 119 Å². The van der Waals surface area contributed by atoms with Crippen LogP contribution in [-0.2, 0) is 12.8 Å². The Balaban J connectivity index is 2.24. The predicted molar refractivity (Wildman–Crippen MR) is 82.4 cm³/mol. The minimum Gasteiger partial charge on any atom is -0.504 e. The van der Waals surface area contributed by atoms with Crippen LogP contribution in [0.25, 0.3) is 0 Å². The molecule has 102 valence electrons. The maximum absolute atomic E-state index is 9.87. The van der Waals surface area contributed by atoms with Gasteiger partial charge in [0.2, 0.25) is 0 Å². The zero-order valence-corrected chi connectivity index (χ0v) is 11.4. The van der Waals surface area contributed by atoms with Crippen LogP contribution in [0, 0.1) is 0 Å². The maximum Gasteiger partial charge on any atom is 0.169 e. The molecule has 0 spiro atoms. The quantitative estimate of drug-likeness (QED) is 0.772. The summed E-state index contributed by atoms with van der Waals surface area (Å²) >= 11 is 0. The van der Waals surface area contributed by atoms with E-state index in [9.17, 15) is 5.11 Å². The van der Waals surface area contributed by atoms with E-state index in [1.54, 1.807) is 6.07 Å². The fourth-order valence-electron chi connectivity index (χ4n) is 1.96. The number of rotatable bonds is 6. The number of aromatic hydroxyl groups is 1. The van der Waals surface area contributed by atoms with E-state index in [1.165, 1.54) is 0 Å². The third-order valence-electron chi connectivity index (χ3n) is 2.91. The van der Waals surface area contributed by atoms with Crippen LogP contribution >= 0.6 is 0 Å². The normalized spacial score (nSPS) is 10.0. The Morgan fingerprint density at radius 3 is 2.35 bits per heavy atom. The lowest BCUT2D eigenvalue weighted by Crippen LogP contribution is -1.89. The standard InChI is InChI=1S/C18H18O2/c1-3-6-14-8-5-9-16(12-14)20-18-13-15(7-4-2)10-11-17(18)19/h3-5,8-13,19H,1-2,6-7H2. The molecule has 0 atom stereocenters. The molecule has 0 aliphatic rings. The van der Waals surface area contributed by atoms with E-state index in [0.29, 0.717) is 11.5 Å². The molecule has 2 heteroatoms. The summed E-state index contributed by atoms with van der Waals surface area (Å²) < 4.78 is 5.76. The molecular weight excluding hydrogens is 248 g/mol. The first-order chi connectivity index (χ1) is 9.72. The third kappa shape index (κ3) is 3.51. The molecule has 0 radical (unpaired) electrons. The van der Waals surface area contributed by atoms with Gasteiger partial charge in [-0.3, -0.25) is 0 Å². The van der Waals surface area contributed by atoms with Gasteiger partial charge in [0.25, 0.3) is 0 Å². The van der Waals surface area contributed by atoms with Gasteiger partial charge in [-0.1, -0.05) is 30.4 Å². The molecule has 0 aliphatic carbocycles. The Morgan fingerprint density at radius 2 is 1.65 bits per heavy atom. The first kappa shape index (κ1) is 13.9. The highest BCUT2D eigenvalue weighted by molar-refractivity contribution is 5.45. The number of hydrogen-bond donors (Lipinski definition) is 1. The van der Waals surface area contributed by atoms with Crippen molar-refractivity contribution in [3.05, 3.63) is 78.9 Å². The van der Waals surface area contributed by atoms with Crippen molar-refractivity contribution in [1.82, 2.24) is 0 Å². The van der Waals surface area contributed by atoms with Crippen molar-refractivity contribution in [3.8, 4) is 17.2 Å². The van der Waals surface area contributed by atoms with Gasteiger partial charge < -0.3 is 9.84 Å². The van der Waals surface area contributed by atoms with Crippen LogP contribution in [0.1, 0.15) is 11.1 Å². The SMILES string of the molecule is C=CCc1cccc(Oc2cc(CC=C)ccc2O)c1. The van der Waals surface area contributed by atoms with E-state index in [1.807, 2.05) is 48.6 Å². The highest BCUT2D eigenvalue weighted by Gasteiger charge is 2.05. The number of phenols is 1. The summed E-state index contributed by atoms with van der Waals surface area (Å²) in [5, 5.41) is 9.87. The second-order valence-corrected chi connectivity index (χ2v) is 4.54. The Hall–Kier alpha value is -2.48. The molecule has 0 aromatic heterocycles. The minimum absolute atomic E-state index is 0.131. The van der Waals surface area contributed by atoms with Crippen molar-refractivity contribution in [2.45, 2.75) is 12.8 Å². The summed E-state index contributed by atoms with van der Waals surface area (Å²) in [6, 6.07) is 13.1. The number of hydrogen-bond acceptors (Lipinski definition) is 2. The van der Waals surface area contributed by atoms with Gasteiger partial charge in [-0.05, 0) is 48.2 Å². The lowest BCUT2D eigenvalue weighted by Gasteiger charge is -2.10. The van der Waals surface area contributed by atoms with E-state index in [4.69, 9.17) is 4.74 Å². The third-order valence-corrected chi connectivity index (χ3v) is 2.91. The van der Waals surface area contributed by atoms with Gasteiger partial charge in [0.15, 0.2) is 11.5 Å². The lowest BCUT2D eigenvalue weighted by atomic mass is 10.1. The van der Waals surface area contributed by atoms with Gasteiger partial charge >= 0.3 is 0 Å². The largest absolute Gasteiger partial charge is 0.504 e. The fourth-order valence-corrected chi connectivity index (χ4v) is 1.96. The molecule has 0 bridgehead atoms. The van der Waals surface area contributed by atoms with Gasteiger partial charge in [0.1, 0.15) is 5.75 Å². The average Bonchev–Trinajstić information content (AvgIpc) is 2.44. The molecule has 1 N–H and O–H groups in total. The average molecular weight is 266 g/mol. The molecule has 20 heavy (non-hydrogen) atoms. The maximum atomic E-state index is 9.87. The van der Waals surface area contributed by atoms with Gasteiger partial charge in [0, 0.05) is 0 Å². The Morgan fingerprint density at radius 1 is 0.950 bits per heavy atom. The van der Waals surface area contributed by atoms with Crippen LogP contribution in [0.15, 0.2) is 67.8 Å². The fraction of sp³-hybridized carbons (Fsp3) is 0.111. The monoisotopic (exact) mass is 266 g/mol.